The molecule has 1 aromatic heterocycles. The zero-order valence-corrected chi connectivity index (χ0v) is 15.6. The van der Waals surface area contributed by atoms with Gasteiger partial charge in [-0.3, -0.25) is 0 Å². The highest BCUT2D eigenvalue weighted by molar-refractivity contribution is 5.85. The van der Waals surface area contributed by atoms with Gasteiger partial charge < -0.3 is 19.5 Å². The van der Waals surface area contributed by atoms with Crippen molar-refractivity contribution < 1.29 is 19.3 Å². The lowest BCUT2D eigenvalue weighted by Gasteiger charge is -2.31. The second-order valence-corrected chi connectivity index (χ2v) is 8.00. The number of halogens is 1. The Morgan fingerprint density at radius 2 is 1.82 bits per heavy atom. The minimum Gasteiger partial charge on any atom is -0.390 e. The maximum atomic E-state index is 14.7. The van der Waals surface area contributed by atoms with E-state index in [0.29, 0.717) is 36.4 Å². The van der Waals surface area contributed by atoms with E-state index in [4.69, 9.17) is 4.74 Å². The summed E-state index contributed by atoms with van der Waals surface area (Å²) in [5.41, 5.74) is 3.69. The lowest BCUT2D eigenvalue weighted by atomic mass is 9.96. The minimum absolute atomic E-state index is 0.302. The molecule has 1 saturated carbocycles. The van der Waals surface area contributed by atoms with E-state index in [-0.39, 0.29) is 5.82 Å². The van der Waals surface area contributed by atoms with E-state index in [1.165, 1.54) is 24.5 Å². The third-order valence-corrected chi connectivity index (χ3v) is 5.98. The molecule has 2 aliphatic rings. The van der Waals surface area contributed by atoms with Crippen molar-refractivity contribution in [2.45, 2.75) is 50.0 Å². The number of para-hydroxylation sites is 1. The Morgan fingerprint density at radius 1 is 1.04 bits per heavy atom. The first-order valence-corrected chi connectivity index (χ1v) is 9.95. The van der Waals surface area contributed by atoms with Crippen molar-refractivity contribution >= 4 is 10.9 Å². The van der Waals surface area contributed by atoms with Gasteiger partial charge in [-0.2, -0.15) is 0 Å². The summed E-state index contributed by atoms with van der Waals surface area (Å²) in [5.74, 6) is 0.408. The molecule has 4 nitrogen and oxygen atoms in total. The molecule has 3 aromatic rings. The number of fused-ring (bicyclic) bond motifs is 1. The van der Waals surface area contributed by atoms with Crippen LogP contribution in [0, 0.1) is 5.82 Å². The highest BCUT2D eigenvalue weighted by atomic mass is 19.1. The van der Waals surface area contributed by atoms with Crippen molar-refractivity contribution in [1.29, 1.82) is 0 Å². The molecule has 5 heteroatoms. The second-order valence-electron chi connectivity index (χ2n) is 8.00. The van der Waals surface area contributed by atoms with Crippen LogP contribution < -0.4 is 0 Å². The first kappa shape index (κ1) is 17.9. The monoisotopic (exact) mass is 381 g/mol. The molecule has 2 N–H and O–H groups in total. The molecule has 1 aliphatic carbocycles. The summed E-state index contributed by atoms with van der Waals surface area (Å²) in [6.07, 6.45) is 2.28. The molecule has 0 bridgehead atoms. The normalized spacial score (nSPS) is 25.3. The molecule has 0 spiro atoms. The van der Waals surface area contributed by atoms with Crippen molar-refractivity contribution in [3.8, 4) is 0 Å². The van der Waals surface area contributed by atoms with Crippen molar-refractivity contribution in [1.82, 2.24) is 4.57 Å². The van der Waals surface area contributed by atoms with Crippen LogP contribution in [0.2, 0.25) is 0 Å². The number of rotatable bonds is 4. The Hall–Kier alpha value is -2.21. The fraction of sp³-hybridized carbons (Fsp3) is 0.391. The fourth-order valence-electron chi connectivity index (χ4n) is 4.26. The molecule has 0 unspecified atom stereocenters. The topological polar surface area (TPSA) is 54.6 Å². The minimum atomic E-state index is -1.02. The lowest BCUT2D eigenvalue weighted by molar-refractivity contribution is -0.136. The Kier molecular flexibility index (Phi) is 4.46. The van der Waals surface area contributed by atoms with Crippen LogP contribution >= 0.6 is 0 Å². The van der Waals surface area contributed by atoms with Crippen molar-refractivity contribution in [2.24, 2.45) is 0 Å². The van der Waals surface area contributed by atoms with Gasteiger partial charge in [-0.1, -0.05) is 36.4 Å². The first-order chi connectivity index (χ1) is 13.6. The molecule has 2 aromatic carbocycles. The quantitative estimate of drug-likeness (QED) is 0.721. The van der Waals surface area contributed by atoms with Gasteiger partial charge in [0.05, 0.1) is 18.2 Å². The van der Waals surface area contributed by atoms with Gasteiger partial charge in [-0.05, 0) is 42.4 Å². The van der Waals surface area contributed by atoms with Crippen molar-refractivity contribution in [3.63, 3.8) is 0 Å². The third-order valence-electron chi connectivity index (χ3n) is 5.98. The van der Waals surface area contributed by atoms with Crippen LogP contribution in [0.4, 0.5) is 4.39 Å². The van der Waals surface area contributed by atoms with E-state index in [1.807, 2.05) is 16.8 Å². The van der Waals surface area contributed by atoms with E-state index in [2.05, 4.69) is 24.3 Å². The molecule has 2 heterocycles. The Morgan fingerprint density at radius 3 is 2.57 bits per heavy atom. The van der Waals surface area contributed by atoms with Gasteiger partial charge in [0, 0.05) is 23.7 Å². The smallest absolute Gasteiger partial charge is 0.147 e. The van der Waals surface area contributed by atoms with Crippen LogP contribution in [-0.2, 0) is 11.3 Å². The lowest BCUT2D eigenvalue weighted by Crippen LogP contribution is -2.39. The Bertz CT molecular complexity index is 993. The van der Waals surface area contributed by atoms with Gasteiger partial charge in [0.15, 0.2) is 0 Å². The third kappa shape index (κ3) is 3.13. The molecule has 5 rings (SSSR count). The number of nitrogens with zero attached hydrogens (tertiary/aromatic N) is 1. The van der Waals surface area contributed by atoms with E-state index >= 15 is 0 Å². The van der Waals surface area contributed by atoms with E-state index < -0.39 is 18.3 Å². The van der Waals surface area contributed by atoms with E-state index in [0.717, 1.165) is 11.1 Å². The molecule has 1 saturated heterocycles. The summed E-state index contributed by atoms with van der Waals surface area (Å²) < 4.78 is 22.3. The van der Waals surface area contributed by atoms with Crippen LogP contribution in [0.15, 0.2) is 48.7 Å². The number of aromatic nitrogens is 1. The van der Waals surface area contributed by atoms with E-state index in [9.17, 15) is 14.6 Å². The van der Waals surface area contributed by atoms with Crippen molar-refractivity contribution in [2.75, 3.05) is 6.61 Å². The summed E-state index contributed by atoms with van der Waals surface area (Å²) in [5, 5.41) is 21.2. The summed E-state index contributed by atoms with van der Waals surface area (Å²) in [4.78, 5) is 0. The van der Waals surface area contributed by atoms with Crippen LogP contribution in [0.3, 0.4) is 0 Å². The largest absolute Gasteiger partial charge is 0.390 e. The van der Waals surface area contributed by atoms with Crippen molar-refractivity contribution in [3.05, 3.63) is 71.2 Å². The number of aliphatic hydroxyl groups excluding tert-OH is 2. The molecule has 2 fully saturated rings. The first-order valence-electron chi connectivity index (χ1n) is 9.95. The van der Waals surface area contributed by atoms with Gasteiger partial charge in [0.1, 0.15) is 18.0 Å². The van der Waals surface area contributed by atoms with Gasteiger partial charge in [-0.25, -0.2) is 4.39 Å². The van der Waals surface area contributed by atoms with Crippen LogP contribution in [0.1, 0.15) is 48.0 Å². The summed E-state index contributed by atoms with van der Waals surface area (Å²) >= 11 is 0. The molecular weight excluding hydrogens is 357 g/mol. The zero-order chi connectivity index (χ0) is 19.3. The molecule has 1 aliphatic heterocycles. The SMILES string of the molecule is O[C@@H]1[C@@H](O)CCO[C@H]1c1cn(Cc2ccc(C3CC3)cc2)c2c(F)cccc12. The Balaban J connectivity index is 1.53. The summed E-state index contributed by atoms with van der Waals surface area (Å²) in [6.45, 7) is 0.904. The standard InChI is InChI=1S/C23H24FNO3/c24-19-3-1-2-17-18(23-22(27)20(26)10-11-28-23)13-25(21(17)19)12-14-4-6-15(7-5-14)16-8-9-16/h1-7,13,16,20,22-23,26-27H,8-12H2/t20-,22+,23-/m0/s1. The summed E-state index contributed by atoms with van der Waals surface area (Å²) in [6, 6.07) is 13.5. The van der Waals surface area contributed by atoms with Gasteiger partial charge in [0.2, 0.25) is 0 Å². The van der Waals surface area contributed by atoms with Crippen LogP contribution in [-0.4, -0.2) is 33.6 Å². The van der Waals surface area contributed by atoms with Gasteiger partial charge >= 0.3 is 0 Å². The highest BCUT2D eigenvalue weighted by Crippen LogP contribution is 2.40. The Labute approximate surface area is 163 Å². The average Bonchev–Trinajstić information content (AvgIpc) is 3.48. The fourth-order valence-corrected chi connectivity index (χ4v) is 4.26. The molecule has 28 heavy (non-hydrogen) atoms. The maximum absolute atomic E-state index is 14.7. The predicted molar refractivity (Wildman–Crippen MR) is 105 cm³/mol. The molecule has 3 atom stereocenters. The predicted octanol–water partition coefficient (Wildman–Crippen LogP) is 3.89. The number of hydrogen-bond acceptors (Lipinski definition) is 3. The molecule has 146 valence electrons. The van der Waals surface area contributed by atoms with Crippen LogP contribution in [0.25, 0.3) is 10.9 Å². The number of ether oxygens (including phenoxy) is 1. The molecule has 0 radical (unpaired) electrons. The van der Waals surface area contributed by atoms with Gasteiger partial charge in [-0.15, -0.1) is 0 Å². The molecule has 0 amide bonds. The number of aliphatic hydroxyl groups is 2. The van der Waals surface area contributed by atoms with Gasteiger partial charge in [0.25, 0.3) is 0 Å². The average molecular weight is 381 g/mol. The number of hydrogen-bond donors (Lipinski definition) is 2. The molecular formula is C23H24FNO3. The highest BCUT2D eigenvalue weighted by Gasteiger charge is 2.34. The zero-order valence-electron chi connectivity index (χ0n) is 15.6. The second kappa shape index (κ2) is 6.99. The van der Waals surface area contributed by atoms with E-state index in [1.54, 1.807) is 6.07 Å². The number of benzene rings is 2. The van der Waals surface area contributed by atoms with Crippen LogP contribution in [0.5, 0.6) is 0 Å². The maximum Gasteiger partial charge on any atom is 0.147 e. The summed E-state index contributed by atoms with van der Waals surface area (Å²) in [7, 11) is 0.